The summed E-state index contributed by atoms with van der Waals surface area (Å²) in [6, 6.07) is 6.31. The van der Waals surface area contributed by atoms with Crippen molar-refractivity contribution in [3.05, 3.63) is 47.2 Å². The van der Waals surface area contributed by atoms with Gasteiger partial charge < -0.3 is 4.74 Å². The lowest BCUT2D eigenvalue weighted by molar-refractivity contribution is -0.121. The first-order valence-corrected chi connectivity index (χ1v) is 12.6. The highest BCUT2D eigenvalue weighted by atomic mass is 35.5. The number of fused-ring (bicyclic) bond motifs is 1. The van der Waals surface area contributed by atoms with Crippen LogP contribution in [0.3, 0.4) is 0 Å². The molecule has 31 heavy (non-hydrogen) atoms. The molecule has 1 atom stereocenters. The highest BCUT2D eigenvalue weighted by molar-refractivity contribution is 7.88. The number of amides is 1. The van der Waals surface area contributed by atoms with Crippen LogP contribution in [0.2, 0.25) is 5.02 Å². The molecule has 0 saturated carbocycles. The number of methoxy groups -OCH3 is 1. The smallest absolute Gasteiger partial charge is 0.247 e. The first-order valence-electron chi connectivity index (χ1n) is 9.59. The number of anilines is 1. The number of hydrogen-bond donors (Lipinski definition) is 0. The topological polar surface area (TPSA) is 92.7 Å². The van der Waals surface area contributed by atoms with Crippen molar-refractivity contribution in [3.63, 3.8) is 0 Å². The van der Waals surface area contributed by atoms with Gasteiger partial charge in [-0.05, 0) is 42.7 Å². The molecule has 2 aromatic heterocycles. The van der Waals surface area contributed by atoms with Crippen molar-refractivity contribution in [3.8, 4) is 5.75 Å². The maximum atomic E-state index is 13.6. The Morgan fingerprint density at radius 3 is 2.74 bits per heavy atom. The third-order valence-corrected chi connectivity index (χ3v) is 8.00. The van der Waals surface area contributed by atoms with Crippen molar-refractivity contribution in [1.82, 2.24) is 14.3 Å². The number of carbonyl (C=O) groups excluding carboxylic acids is 1. The molecule has 1 fully saturated rings. The number of nitrogens with zero attached hydrogens (tertiary/aromatic N) is 4. The first kappa shape index (κ1) is 21.9. The van der Waals surface area contributed by atoms with Crippen LogP contribution in [0.4, 0.5) is 5.13 Å². The second-order valence-electron chi connectivity index (χ2n) is 7.24. The predicted molar refractivity (Wildman–Crippen MR) is 121 cm³/mol. The highest BCUT2D eigenvalue weighted by Gasteiger charge is 2.39. The van der Waals surface area contributed by atoms with Crippen LogP contribution in [0.5, 0.6) is 5.75 Å². The summed E-state index contributed by atoms with van der Waals surface area (Å²) in [5.74, 6) is 0.241. The molecule has 0 radical (unpaired) electrons. The average molecular weight is 481 g/mol. The lowest BCUT2D eigenvalue weighted by Gasteiger charge is -2.27. The van der Waals surface area contributed by atoms with Crippen LogP contribution in [0, 0.1) is 0 Å². The number of ether oxygens (including phenoxy) is 1. The molecule has 1 amide bonds. The molecule has 0 aliphatic carbocycles. The average Bonchev–Trinajstić information content (AvgIpc) is 3.41. The summed E-state index contributed by atoms with van der Waals surface area (Å²) in [5, 5.41) is 0.943. The summed E-state index contributed by atoms with van der Waals surface area (Å²) in [4.78, 5) is 23.8. The van der Waals surface area contributed by atoms with Gasteiger partial charge in [0.15, 0.2) is 5.13 Å². The molecule has 4 rings (SSSR count). The lowest BCUT2D eigenvalue weighted by atomic mass is 10.2. The van der Waals surface area contributed by atoms with E-state index in [-0.39, 0.29) is 12.5 Å². The van der Waals surface area contributed by atoms with Crippen LogP contribution in [-0.4, -0.2) is 54.6 Å². The van der Waals surface area contributed by atoms with Crippen LogP contribution in [0.1, 0.15) is 18.4 Å². The Hall–Kier alpha value is -2.27. The molecule has 3 heterocycles. The first-order chi connectivity index (χ1) is 14.8. The fraction of sp³-hybridized carbons (Fsp3) is 0.350. The highest BCUT2D eigenvalue weighted by Crippen LogP contribution is 2.39. The van der Waals surface area contributed by atoms with E-state index in [1.165, 1.54) is 20.5 Å². The Morgan fingerprint density at radius 2 is 2.06 bits per heavy atom. The minimum atomic E-state index is -3.51. The number of rotatable bonds is 6. The van der Waals surface area contributed by atoms with E-state index in [0.717, 1.165) is 11.8 Å². The molecule has 1 aromatic carbocycles. The van der Waals surface area contributed by atoms with Gasteiger partial charge in [0.1, 0.15) is 17.3 Å². The van der Waals surface area contributed by atoms with E-state index in [1.54, 1.807) is 31.6 Å². The second kappa shape index (κ2) is 8.70. The van der Waals surface area contributed by atoms with Gasteiger partial charge in [0, 0.05) is 18.9 Å². The van der Waals surface area contributed by atoms with E-state index in [1.807, 2.05) is 12.1 Å². The molecule has 0 bridgehead atoms. The molecule has 3 aromatic rings. The molecule has 164 valence electrons. The fourth-order valence-electron chi connectivity index (χ4n) is 3.70. The van der Waals surface area contributed by atoms with Crippen LogP contribution in [-0.2, 0) is 21.4 Å². The lowest BCUT2D eigenvalue weighted by Crippen LogP contribution is -2.47. The number of thiazole rings is 1. The van der Waals surface area contributed by atoms with Crippen LogP contribution < -0.4 is 9.64 Å². The summed E-state index contributed by atoms with van der Waals surface area (Å²) in [7, 11) is -1.96. The van der Waals surface area contributed by atoms with Gasteiger partial charge in [0.05, 0.1) is 29.6 Å². The van der Waals surface area contributed by atoms with Crippen molar-refractivity contribution in [1.29, 1.82) is 0 Å². The summed E-state index contributed by atoms with van der Waals surface area (Å²) >= 11 is 7.64. The van der Waals surface area contributed by atoms with Gasteiger partial charge in [0.2, 0.25) is 15.9 Å². The quantitative estimate of drug-likeness (QED) is 0.537. The minimum Gasteiger partial charge on any atom is -0.494 e. The standard InChI is InChI=1S/C20H21ClN4O4S2/c1-29-16-6-5-14(21)18-17(16)23-20(30-18)24(12-13-7-9-22-10-8-13)19(26)15-4-3-11-25(15)31(2,27)28/h5-10,15H,3-4,11-12H2,1-2H3. The Balaban J connectivity index is 1.79. The van der Waals surface area contributed by atoms with Gasteiger partial charge in [-0.25, -0.2) is 13.4 Å². The van der Waals surface area contributed by atoms with Crippen LogP contribution >= 0.6 is 22.9 Å². The Bertz CT molecular complexity index is 1220. The summed E-state index contributed by atoms with van der Waals surface area (Å²) in [6.45, 7) is 0.563. The molecule has 0 N–H and O–H groups in total. The van der Waals surface area contributed by atoms with Crippen LogP contribution in [0.15, 0.2) is 36.7 Å². The van der Waals surface area contributed by atoms with Gasteiger partial charge in [-0.1, -0.05) is 22.9 Å². The Kier molecular flexibility index (Phi) is 6.16. The predicted octanol–water partition coefficient (Wildman–Crippen LogP) is 3.31. The van der Waals surface area contributed by atoms with E-state index in [0.29, 0.717) is 45.5 Å². The second-order valence-corrected chi connectivity index (χ2v) is 10.6. The molecule has 1 saturated heterocycles. The van der Waals surface area contributed by atoms with Gasteiger partial charge in [-0.2, -0.15) is 4.31 Å². The van der Waals surface area contributed by atoms with Crippen molar-refractivity contribution in [2.45, 2.75) is 25.4 Å². The number of halogens is 1. The number of pyridine rings is 1. The maximum Gasteiger partial charge on any atom is 0.247 e. The van der Waals surface area contributed by atoms with Gasteiger partial charge in [-0.3, -0.25) is 14.7 Å². The van der Waals surface area contributed by atoms with Crippen LogP contribution in [0.25, 0.3) is 10.2 Å². The zero-order valence-corrected chi connectivity index (χ0v) is 19.4. The largest absolute Gasteiger partial charge is 0.494 e. The molecule has 1 unspecified atom stereocenters. The summed E-state index contributed by atoms with van der Waals surface area (Å²) in [6.07, 6.45) is 5.52. The summed E-state index contributed by atoms with van der Waals surface area (Å²) < 4.78 is 31.8. The van der Waals surface area contributed by atoms with Gasteiger partial charge in [-0.15, -0.1) is 0 Å². The van der Waals surface area contributed by atoms with Crippen molar-refractivity contribution >= 4 is 54.2 Å². The summed E-state index contributed by atoms with van der Waals surface area (Å²) in [5.41, 5.74) is 1.42. The Morgan fingerprint density at radius 1 is 1.32 bits per heavy atom. The minimum absolute atomic E-state index is 0.231. The molecular formula is C20H21ClN4O4S2. The third-order valence-electron chi connectivity index (χ3n) is 5.17. The van der Waals surface area contributed by atoms with Crippen molar-refractivity contribution in [2.24, 2.45) is 0 Å². The van der Waals surface area contributed by atoms with E-state index >= 15 is 0 Å². The maximum absolute atomic E-state index is 13.6. The van der Waals surface area contributed by atoms with Crippen molar-refractivity contribution in [2.75, 3.05) is 24.8 Å². The molecular weight excluding hydrogens is 460 g/mol. The number of carbonyl (C=O) groups is 1. The normalized spacial score (nSPS) is 17.2. The van der Waals surface area contributed by atoms with Gasteiger partial charge in [0.25, 0.3) is 0 Å². The zero-order valence-electron chi connectivity index (χ0n) is 17.0. The van der Waals surface area contributed by atoms with Gasteiger partial charge >= 0.3 is 0 Å². The number of benzene rings is 1. The van der Waals surface area contributed by atoms with E-state index < -0.39 is 16.1 Å². The Labute approximate surface area is 189 Å². The van der Waals surface area contributed by atoms with E-state index in [9.17, 15) is 13.2 Å². The van der Waals surface area contributed by atoms with Crippen molar-refractivity contribution < 1.29 is 17.9 Å². The number of hydrogen-bond acceptors (Lipinski definition) is 7. The monoisotopic (exact) mass is 480 g/mol. The molecule has 1 aliphatic rings. The number of sulfonamides is 1. The SMILES string of the molecule is COc1ccc(Cl)c2sc(N(Cc3ccncc3)C(=O)C3CCCN3S(C)(=O)=O)nc12. The fourth-order valence-corrected chi connectivity index (χ4v) is 6.08. The molecule has 8 nitrogen and oxygen atoms in total. The molecule has 11 heteroatoms. The zero-order chi connectivity index (χ0) is 22.2. The molecule has 0 spiro atoms. The number of aromatic nitrogens is 2. The molecule has 1 aliphatic heterocycles. The third kappa shape index (κ3) is 4.38. The van der Waals surface area contributed by atoms with E-state index in [2.05, 4.69) is 9.97 Å². The van der Waals surface area contributed by atoms with E-state index in [4.69, 9.17) is 16.3 Å².